The first-order valence-electron chi connectivity index (χ1n) is 8.41. The van der Waals surface area contributed by atoms with Crippen LogP contribution in [-0.4, -0.2) is 48.8 Å². The highest BCUT2D eigenvalue weighted by Gasteiger charge is 2.29. The summed E-state index contributed by atoms with van der Waals surface area (Å²) in [6.07, 6.45) is 2.27. The lowest BCUT2D eigenvalue weighted by atomic mass is 10.2. The van der Waals surface area contributed by atoms with Gasteiger partial charge in [-0.1, -0.05) is 11.2 Å². The number of thiophene rings is 1. The van der Waals surface area contributed by atoms with Gasteiger partial charge in [0.15, 0.2) is 5.69 Å². The average molecular weight is 347 g/mol. The van der Waals surface area contributed by atoms with Gasteiger partial charge in [0.2, 0.25) is 0 Å². The summed E-state index contributed by atoms with van der Waals surface area (Å²) < 4.78 is 10.7. The van der Waals surface area contributed by atoms with Gasteiger partial charge in [-0.2, -0.15) is 0 Å². The number of nitrogens with one attached hydrogen (secondary N) is 1. The van der Waals surface area contributed by atoms with Crippen molar-refractivity contribution in [1.29, 1.82) is 0 Å². The molecule has 0 spiro atoms. The molecule has 1 saturated carbocycles. The Balaban J connectivity index is 1.41. The second-order valence-corrected chi connectivity index (χ2v) is 7.26. The first-order valence-corrected chi connectivity index (χ1v) is 9.29. The van der Waals surface area contributed by atoms with E-state index in [1.54, 1.807) is 17.4 Å². The Morgan fingerprint density at radius 1 is 1.42 bits per heavy atom. The number of hydrogen-bond donors (Lipinski definition) is 1. The van der Waals surface area contributed by atoms with Crippen molar-refractivity contribution in [2.24, 2.45) is 0 Å². The first kappa shape index (κ1) is 15.8. The number of amides is 1. The van der Waals surface area contributed by atoms with E-state index in [1.807, 2.05) is 0 Å². The van der Waals surface area contributed by atoms with E-state index in [0.717, 1.165) is 44.9 Å². The molecule has 6 nitrogen and oxygen atoms in total. The van der Waals surface area contributed by atoms with E-state index < -0.39 is 0 Å². The zero-order valence-electron chi connectivity index (χ0n) is 13.4. The quantitative estimate of drug-likeness (QED) is 0.869. The predicted molar refractivity (Wildman–Crippen MR) is 90.3 cm³/mol. The van der Waals surface area contributed by atoms with E-state index in [1.165, 1.54) is 4.88 Å². The zero-order valence-corrected chi connectivity index (χ0v) is 14.3. The molecule has 4 rings (SSSR count). The maximum atomic E-state index is 12.4. The predicted octanol–water partition coefficient (Wildman–Crippen LogP) is 2.42. The fourth-order valence-corrected chi connectivity index (χ4v) is 3.88. The van der Waals surface area contributed by atoms with Gasteiger partial charge in [0, 0.05) is 36.5 Å². The summed E-state index contributed by atoms with van der Waals surface area (Å²) in [5, 5.41) is 9.01. The van der Waals surface area contributed by atoms with Crippen LogP contribution in [0.3, 0.4) is 0 Å². The van der Waals surface area contributed by atoms with Crippen molar-refractivity contribution in [3.63, 3.8) is 0 Å². The number of ether oxygens (including phenoxy) is 1. The molecule has 2 aromatic rings. The van der Waals surface area contributed by atoms with Crippen molar-refractivity contribution in [2.75, 3.05) is 32.8 Å². The van der Waals surface area contributed by atoms with Gasteiger partial charge in [0.05, 0.1) is 19.3 Å². The molecule has 0 unspecified atom stereocenters. The third kappa shape index (κ3) is 3.53. The molecule has 0 radical (unpaired) electrons. The summed E-state index contributed by atoms with van der Waals surface area (Å²) in [4.78, 5) is 16.0. The summed E-state index contributed by atoms with van der Waals surface area (Å²) in [6.45, 7) is 3.81. The van der Waals surface area contributed by atoms with Crippen LogP contribution in [0.4, 0.5) is 0 Å². The molecule has 2 aliphatic rings. The fourth-order valence-electron chi connectivity index (χ4n) is 3.02. The number of aromatic nitrogens is 1. The minimum absolute atomic E-state index is 0.166. The molecule has 1 atom stereocenters. The summed E-state index contributed by atoms with van der Waals surface area (Å²) in [5.74, 6) is 1.13. The van der Waals surface area contributed by atoms with E-state index in [9.17, 15) is 4.79 Å². The molecule has 1 N–H and O–H groups in total. The average Bonchev–Trinajstić information content (AvgIpc) is 3.12. The molecule has 128 valence electrons. The van der Waals surface area contributed by atoms with Crippen molar-refractivity contribution >= 4 is 17.2 Å². The number of nitrogens with zero attached hydrogens (tertiary/aromatic N) is 2. The van der Waals surface area contributed by atoms with Crippen LogP contribution in [-0.2, 0) is 4.74 Å². The number of hydrogen-bond acceptors (Lipinski definition) is 6. The Morgan fingerprint density at radius 2 is 2.25 bits per heavy atom. The molecule has 1 aliphatic carbocycles. The second-order valence-electron chi connectivity index (χ2n) is 6.28. The molecular formula is C17H21N3O3S. The minimum atomic E-state index is -0.166. The van der Waals surface area contributed by atoms with Crippen LogP contribution in [0.5, 0.6) is 0 Å². The lowest BCUT2D eigenvalue weighted by Crippen LogP contribution is -2.43. The highest BCUT2D eigenvalue weighted by Crippen LogP contribution is 2.40. The maximum Gasteiger partial charge on any atom is 0.273 e. The highest BCUT2D eigenvalue weighted by molar-refractivity contribution is 7.10. The van der Waals surface area contributed by atoms with Crippen molar-refractivity contribution in [3.05, 3.63) is 39.9 Å². The molecule has 1 aliphatic heterocycles. The SMILES string of the molecule is O=C(NC[C@H](c1cccs1)N1CCOCC1)c1cc(C2CC2)on1. The fraction of sp³-hybridized carbons (Fsp3) is 0.529. The molecule has 24 heavy (non-hydrogen) atoms. The minimum Gasteiger partial charge on any atom is -0.379 e. The van der Waals surface area contributed by atoms with E-state index in [-0.39, 0.29) is 11.9 Å². The van der Waals surface area contributed by atoms with Gasteiger partial charge in [0.1, 0.15) is 5.76 Å². The normalized spacial score (nSPS) is 20.0. The maximum absolute atomic E-state index is 12.4. The van der Waals surface area contributed by atoms with E-state index >= 15 is 0 Å². The monoisotopic (exact) mass is 347 g/mol. The lowest BCUT2D eigenvalue weighted by Gasteiger charge is -2.34. The topological polar surface area (TPSA) is 67.6 Å². The third-order valence-electron chi connectivity index (χ3n) is 4.55. The van der Waals surface area contributed by atoms with Crippen molar-refractivity contribution in [1.82, 2.24) is 15.4 Å². The third-order valence-corrected chi connectivity index (χ3v) is 5.53. The molecule has 2 aromatic heterocycles. The Kier molecular flexibility index (Phi) is 4.64. The number of carbonyl (C=O) groups excluding carboxylic acids is 1. The number of rotatable bonds is 6. The van der Waals surface area contributed by atoms with Crippen LogP contribution in [0.2, 0.25) is 0 Å². The van der Waals surface area contributed by atoms with Crippen LogP contribution in [0, 0.1) is 0 Å². The van der Waals surface area contributed by atoms with Crippen molar-refractivity contribution in [2.45, 2.75) is 24.8 Å². The van der Waals surface area contributed by atoms with Gasteiger partial charge in [-0.25, -0.2) is 0 Å². The first-order chi connectivity index (χ1) is 11.8. The Hall–Kier alpha value is -1.70. The van der Waals surface area contributed by atoms with Crippen LogP contribution in [0.25, 0.3) is 0 Å². The van der Waals surface area contributed by atoms with Crippen molar-refractivity contribution in [3.8, 4) is 0 Å². The van der Waals surface area contributed by atoms with E-state index in [2.05, 4.69) is 32.9 Å². The summed E-state index contributed by atoms with van der Waals surface area (Å²) in [6, 6.07) is 6.13. The molecule has 0 bridgehead atoms. The van der Waals surface area contributed by atoms with Gasteiger partial charge in [-0.05, 0) is 24.3 Å². The summed E-state index contributed by atoms with van der Waals surface area (Å²) >= 11 is 1.72. The molecule has 2 fully saturated rings. The van der Waals surface area contributed by atoms with Gasteiger partial charge < -0.3 is 14.6 Å². The molecule has 1 amide bonds. The largest absolute Gasteiger partial charge is 0.379 e. The second kappa shape index (κ2) is 7.04. The number of carbonyl (C=O) groups is 1. The van der Waals surface area contributed by atoms with Crippen LogP contribution in [0.15, 0.2) is 28.1 Å². The van der Waals surface area contributed by atoms with E-state index in [4.69, 9.17) is 9.26 Å². The van der Waals surface area contributed by atoms with Gasteiger partial charge in [-0.15, -0.1) is 11.3 Å². The molecule has 0 aromatic carbocycles. The lowest BCUT2D eigenvalue weighted by molar-refractivity contribution is 0.0169. The Bertz CT molecular complexity index is 675. The molecular weight excluding hydrogens is 326 g/mol. The van der Waals surface area contributed by atoms with Crippen LogP contribution < -0.4 is 5.32 Å². The van der Waals surface area contributed by atoms with Crippen LogP contribution >= 0.6 is 11.3 Å². The van der Waals surface area contributed by atoms with E-state index in [0.29, 0.717) is 18.2 Å². The number of morpholine rings is 1. The summed E-state index contributed by atoms with van der Waals surface area (Å²) in [5.41, 5.74) is 0.379. The molecule has 7 heteroatoms. The van der Waals surface area contributed by atoms with Gasteiger partial charge in [0.25, 0.3) is 5.91 Å². The highest BCUT2D eigenvalue weighted by atomic mass is 32.1. The molecule has 3 heterocycles. The van der Waals surface area contributed by atoms with Crippen molar-refractivity contribution < 1.29 is 14.1 Å². The smallest absolute Gasteiger partial charge is 0.273 e. The Labute approximate surface area is 144 Å². The van der Waals surface area contributed by atoms with Gasteiger partial charge in [-0.3, -0.25) is 9.69 Å². The van der Waals surface area contributed by atoms with Crippen LogP contribution in [0.1, 0.15) is 45.9 Å². The summed E-state index contributed by atoms with van der Waals surface area (Å²) in [7, 11) is 0. The zero-order chi connectivity index (χ0) is 16.4. The van der Waals surface area contributed by atoms with Gasteiger partial charge >= 0.3 is 0 Å². The standard InChI is InChI=1S/C17H21N3O3S/c21-17(13-10-15(23-19-13)12-3-4-12)18-11-14(16-2-1-9-24-16)20-5-7-22-8-6-20/h1-2,9-10,12,14H,3-8,11H2,(H,18,21)/t14-/m1/s1. The molecule has 1 saturated heterocycles. The Morgan fingerprint density at radius 3 is 2.96 bits per heavy atom.